The molecule has 0 aliphatic carbocycles. The van der Waals surface area contributed by atoms with E-state index in [0.29, 0.717) is 42.9 Å². The zero-order valence-electron chi connectivity index (χ0n) is 19.1. The molecule has 3 aliphatic heterocycles. The monoisotopic (exact) mass is 667 g/mol. The summed E-state index contributed by atoms with van der Waals surface area (Å²) < 4.78 is 80.6. The fourth-order valence-electron chi connectivity index (χ4n) is 5.60. The lowest BCUT2D eigenvalue weighted by Crippen LogP contribution is -2.45. The summed E-state index contributed by atoms with van der Waals surface area (Å²) in [6.07, 6.45) is 3.56. The maximum atomic E-state index is 12.4. The van der Waals surface area contributed by atoms with Crippen molar-refractivity contribution in [2.24, 2.45) is 0 Å². The molecule has 37 heavy (non-hydrogen) atoms. The second-order valence-electron chi connectivity index (χ2n) is 9.26. The Kier molecular flexibility index (Phi) is 5.94. The number of nitrogens with zero attached hydrogens (tertiary/aromatic N) is 1. The molecule has 0 radical (unpaired) electrons. The van der Waals surface area contributed by atoms with Gasteiger partial charge in [0.1, 0.15) is 34.7 Å². The van der Waals surface area contributed by atoms with E-state index < -0.39 is 30.0 Å². The van der Waals surface area contributed by atoms with Crippen LogP contribution in [0.5, 0.6) is 11.5 Å². The first-order valence-corrected chi connectivity index (χ1v) is 15.9. The molecule has 6 rings (SSSR count). The summed E-state index contributed by atoms with van der Waals surface area (Å²) in [4.78, 5) is -1.41. The molecule has 0 spiro atoms. The maximum Gasteiger partial charge on any atom is 0.294 e. The Balaban J connectivity index is 1.83. The van der Waals surface area contributed by atoms with Crippen molar-refractivity contribution in [3.63, 3.8) is 0 Å². The van der Waals surface area contributed by atoms with Gasteiger partial charge in [-0.3, -0.25) is 4.55 Å². The van der Waals surface area contributed by atoms with E-state index in [1.165, 1.54) is 6.07 Å². The van der Waals surface area contributed by atoms with Gasteiger partial charge >= 0.3 is 0 Å². The number of hydrogen-bond acceptors (Lipinski definition) is 6. The van der Waals surface area contributed by atoms with E-state index >= 15 is 0 Å². The highest BCUT2D eigenvalue weighted by atomic mass is 79.9. The van der Waals surface area contributed by atoms with Crippen LogP contribution in [0.4, 0.5) is 0 Å². The lowest BCUT2D eigenvalue weighted by atomic mass is 9.87. The zero-order valence-corrected chi connectivity index (χ0v) is 23.9. The average molecular weight is 669 g/mol. The number of halogens is 2. The Bertz CT molecular complexity index is 1880. The third-order valence-corrected chi connectivity index (χ3v) is 9.79. The minimum Gasteiger partial charge on any atom is -0.744 e. The van der Waals surface area contributed by atoms with Crippen molar-refractivity contribution < 1.29 is 30.7 Å². The standard InChI is InChI=1S/C25H19Br2NO7S2/c26-14-10-19-22(16-6-5-15(36(29,30)31)12-21(16)37(32,33)34)18-9-13-3-1-7-28-8-2-4-17(23(13)28)24(18)35-25(19)20(27)11-14/h5-6,9-12H,1-4,7-8H2,(H-,29,30,31,32,33,34). The molecule has 0 atom stereocenters. The average Bonchev–Trinajstić information content (AvgIpc) is 2.82. The Morgan fingerprint density at radius 3 is 2.35 bits per heavy atom. The van der Waals surface area contributed by atoms with E-state index in [1.54, 1.807) is 6.07 Å². The summed E-state index contributed by atoms with van der Waals surface area (Å²) in [5.74, 6) is 1.06. The number of hydrogen-bond donors (Lipinski definition) is 1. The summed E-state index contributed by atoms with van der Waals surface area (Å²) in [6, 6.07) is 8.65. The van der Waals surface area contributed by atoms with E-state index in [4.69, 9.17) is 4.74 Å². The van der Waals surface area contributed by atoms with Crippen LogP contribution in [0.25, 0.3) is 5.57 Å². The van der Waals surface area contributed by atoms with Crippen LogP contribution in [0.2, 0.25) is 0 Å². The SMILES string of the molecule is O=S(=O)([O-])c1cc(S(=O)(=O)O)ccc1C1=c2cc3c4c(c2Oc2c(Br)cc(Br)cc21)CCC[N+]=4CCC3. The molecule has 8 nitrogen and oxygen atoms in total. The van der Waals surface area contributed by atoms with E-state index in [9.17, 15) is 25.9 Å². The van der Waals surface area contributed by atoms with Crippen molar-refractivity contribution in [2.45, 2.75) is 35.5 Å². The first-order valence-electron chi connectivity index (χ1n) is 11.5. The van der Waals surface area contributed by atoms with Crippen molar-refractivity contribution in [1.29, 1.82) is 0 Å². The van der Waals surface area contributed by atoms with Crippen molar-refractivity contribution in [3.8, 4) is 11.5 Å². The smallest absolute Gasteiger partial charge is 0.294 e. The van der Waals surface area contributed by atoms with Crippen LogP contribution >= 0.6 is 31.9 Å². The quantitative estimate of drug-likeness (QED) is 0.263. The van der Waals surface area contributed by atoms with Crippen LogP contribution in [0.1, 0.15) is 35.1 Å². The number of rotatable bonds is 3. The van der Waals surface area contributed by atoms with Gasteiger partial charge in [0.15, 0.2) is 0 Å². The van der Waals surface area contributed by atoms with Gasteiger partial charge in [-0.1, -0.05) is 22.0 Å². The van der Waals surface area contributed by atoms with Crippen LogP contribution in [0.3, 0.4) is 0 Å². The molecule has 3 aromatic carbocycles. The summed E-state index contributed by atoms with van der Waals surface area (Å²) in [7, 11) is -9.89. The van der Waals surface area contributed by atoms with Gasteiger partial charge in [-0.05, 0) is 59.1 Å². The lowest BCUT2D eigenvalue weighted by molar-refractivity contribution is 0.435. The predicted octanol–water partition coefficient (Wildman–Crippen LogP) is 3.10. The van der Waals surface area contributed by atoms with E-state index in [1.807, 2.05) is 12.1 Å². The van der Waals surface area contributed by atoms with E-state index in [0.717, 1.165) is 61.3 Å². The predicted molar refractivity (Wildman–Crippen MR) is 141 cm³/mol. The molecule has 1 N–H and O–H groups in total. The second kappa shape index (κ2) is 8.72. The van der Waals surface area contributed by atoms with Crippen molar-refractivity contribution in [2.75, 3.05) is 13.1 Å². The van der Waals surface area contributed by atoms with Crippen LogP contribution < -0.4 is 19.9 Å². The van der Waals surface area contributed by atoms with E-state index in [2.05, 4.69) is 36.4 Å². The minimum absolute atomic E-state index is 0.0359. The molecular formula is C25H19Br2NO7S2. The molecule has 3 heterocycles. The second-order valence-corrected chi connectivity index (χ2v) is 13.8. The fourth-order valence-corrected chi connectivity index (χ4v) is 8.20. The summed E-state index contributed by atoms with van der Waals surface area (Å²) in [6.45, 7) is 1.91. The molecule has 12 heteroatoms. The summed E-state index contributed by atoms with van der Waals surface area (Å²) >= 11 is 7.04. The molecule has 0 amide bonds. The van der Waals surface area contributed by atoms with Gasteiger partial charge in [0.2, 0.25) is 5.36 Å². The van der Waals surface area contributed by atoms with Gasteiger partial charge < -0.3 is 9.29 Å². The third-order valence-electron chi connectivity index (χ3n) is 7.01. The van der Waals surface area contributed by atoms with Crippen LogP contribution in [0.15, 0.2) is 55.1 Å². The van der Waals surface area contributed by atoms with Crippen LogP contribution in [-0.4, -0.2) is 39.0 Å². The molecule has 0 bridgehead atoms. The molecule has 0 unspecified atom stereocenters. The first-order chi connectivity index (χ1) is 17.4. The molecule has 0 fully saturated rings. The third kappa shape index (κ3) is 4.18. The zero-order chi connectivity index (χ0) is 26.3. The Labute approximate surface area is 230 Å². The van der Waals surface area contributed by atoms with Crippen molar-refractivity contribution in [3.05, 3.63) is 78.2 Å². The van der Waals surface area contributed by atoms with Crippen molar-refractivity contribution >= 4 is 57.7 Å². The highest BCUT2D eigenvalue weighted by Crippen LogP contribution is 2.45. The Morgan fingerprint density at radius 2 is 1.65 bits per heavy atom. The molecule has 3 aromatic rings. The highest BCUT2D eigenvalue weighted by molar-refractivity contribution is 9.11. The molecule has 0 aromatic heterocycles. The number of fused-ring (bicyclic) bond motifs is 3. The molecule has 0 saturated heterocycles. The summed E-state index contributed by atoms with van der Waals surface area (Å²) in [5.41, 5.74) is 3.18. The summed E-state index contributed by atoms with van der Waals surface area (Å²) in [5, 5.41) is 1.80. The largest absolute Gasteiger partial charge is 0.744 e. The number of ether oxygens (including phenoxy) is 1. The highest BCUT2D eigenvalue weighted by Gasteiger charge is 2.33. The molecule has 0 saturated carbocycles. The van der Waals surface area contributed by atoms with Gasteiger partial charge in [0.25, 0.3) is 10.1 Å². The molecule has 192 valence electrons. The molecule has 3 aliphatic rings. The van der Waals surface area contributed by atoms with Gasteiger partial charge in [0, 0.05) is 44.8 Å². The topological polar surface area (TPSA) is 124 Å². The first kappa shape index (κ1) is 25.2. The Morgan fingerprint density at radius 1 is 0.919 bits per heavy atom. The number of aryl methyl sites for hydroxylation is 1. The normalized spacial score (nSPS) is 16.5. The molecular weight excluding hydrogens is 650 g/mol. The van der Waals surface area contributed by atoms with Crippen molar-refractivity contribution in [1.82, 2.24) is 4.58 Å². The maximum absolute atomic E-state index is 12.4. The van der Waals surface area contributed by atoms with Gasteiger partial charge in [-0.25, -0.2) is 13.0 Å². The van der Waals surface area contributed by atoms with Gasteiger partial charge in [-0.2, -0.15) is 8.42 Å². The number of benzene rings is 3. The van der Waals surface area contributed by atoms with Crippen LogP contribution in [-0.2, 0) is 33.1 Å². The van der Waals surface area contributed by atoms with Gasteiger partial charge in [-0.15, -0.1) is 0 Å². The lowest BCUT2D eigenvalue weighted by Gasteiger charge is -2.28. The fraction of sp³-hybridized carbons (Fsp3) is 0.240. The van der Waals surface area contributed by atoms with E-state index in [-0.39, 0.29) is 5.56 Å². The minimum atomic E-state index is -5.14. The van der Waals surface area contributed by atoms with Gasteiger partial charge in [0.05, 0.1) is 19.8 Å². The Hall–Kier alpha value is -2.09. The van der Waals surface area contributed by atoms with Crippen LogP contribution in [0, 0.1) is 0 Å².